The van der Waals surface area contributed by atoms with Gasteiger partial charge in [0.2, 0.25) is 0 Å². The molecule has 0 N–H and O–H groups in total. The second-order valence-corrected chi connectivity index (χ2v) is 3.91. The summed E-state index contributed by atoms with van der Waals surface area (Å²) in [4.78, 5) is 11.0. The standard InChI is InChI=1S/C11H18O3/c1-11(14-10(12)13-2)8-6-4-3-5-7-9-11/h3-4H,5-9H2,1-2H3/b4-3-. The quantitative estimate of drug-likeness (QED) is 0.480. The lowest BCUT2D eigenvalue weighted by Crippen LogP contribution is -2.32. The zero-order chi connectivity index (χ0) is 10.4. The second-order valence-electron chi connectivity index (χ2n) is 3.91. The van der Waals surface area contributed by atoms with Crippen LogP contribution in [-0.4, -0.2) is 18.9 Å². The Hall–Kier alpha value is -0.990. The molecule has 0 saturated carbocycles. The third kappa shape index (κ3) is 3.40. The van der Waals surface area contributed by atoms with Crippen molar-refractivity contribution in [1.29, 1.82) is 0 Å². The summed E-state index contributed by atoms with van der Waals surface area (Å²) in [7, 11) is 1.34. The molecule has 14 heavy (non-hydrogen) atoms. The fourth-order valence-electron chi connectivity index (χ4n) is 1.69. The SMILES string of the molecule is COC(=O)OC1(C)CC/C=C\CCC1. The van der Waals surface area contributed by atoms with E-state index in [-0.39, 0.29) is 5.60 Å². The summed E-state index contributed by atoms with van der Waals surface area (Å²) in [5.41, 5.74) is -0.349. The lowest BCUT2D eigenvalue weighted by Gasteiger charge is -2.29. The summed E-state index contributed by atoms with van der Waals surface area (Å²) in [6, 6.07) is 0. The van der Waals surface area contributed by atoms with Crippen molar-refractivity contribution < 1.29 is 14.3 Å². The third-order valence-electron chi connectivity index (χ3n) is 2.58. The molecule has 3 heteroatoms. The van der Waals surface area contributed by atoms with Crippen molar-refractivity contribution >= 4 is 6.16 Å². The van der Waals surface area contributed by atoms with Crippen LogP contribution in [0.25, 0.3) is 0 Å². The Morgan fingerprint density at radius 3 is 2.71 bits per heavy atom. The molecule has 0 amide bonds. The second kappa shape index (κ2) is 5.03. The molecular formula is C11H18O3. The maximum atomic E-state index is 11.0. The first-order valence-electron chi connectivity index (χ1n) is 5.08. The Bertz CT molecular complexity index is 223. The van der Waals surface area contributed by atoms with Crippen molar-refractivity contribution in [2.24, 2.45) is 0 Å². The molecule has 0 saturated heterocycles. The molecule has 0 aromatic carbocycles. The smallest absolute Gasteiger partial charge is 0.438 e. The number of carbonyl (C=O) groups is 1. The first kappa shape index (κ1) is 11.1. The van der Waals surface area contributed by atoms with Crippen LogP contribution in [-0.2, 0) is 9.47 Å². The maximum Gasteiger partial charge on any atom is 0.508 e. The maximum absolute atomic E-state index is 11.0. The number of hydrogen-bond donors (Lipinski definition) is 0. The molecule has 1 unspecified atom stereocenters. The van der Waals surface area contributed by atoms with E-state index in [9.17, 15) is 4.79 Å². The molecule has 0 heterocycles. The zero-order valence-electron chi connectivity index (χ0n) is 8.91. The van der Waals surface area contributed by atoms with Crippen LogP contribution in [0.4, 0.5) is 4.79 Å². The Labute approximate surface area is 85.1 Å². The molecule has 0 radical (unpaired) electrons. The summed E-state index contributed by atoms with van der Waals surface area (Å²) >= 11 is 0. The van der Waals surface area contributed by atoms with E-state index in [0.29, 0.717) is 0 Å². The van der Waals surface area contributed by atoms with Gasteiger partial charge in [0.1, 0.15) is 5.60 Å². The molecule has 0 aliphatic heterocycles. The minimum atomic E-state index is -0.572. The van der Waals surface area contributed by atoms with E-state index in [0.717, 1.165) is 32.1 Å². The van der Waals surface area contributed by atoms with Gasteiger partial charge in [0.15, 0.2) is 0 Å². The molecule has 3 nitrogen and oxygen atoms in total. The van der Waals surface area contributed by atoms with E-state index in [4.69, 9.17) is 4.74 Å². The molecule has 1 atom stereocenters. The van der Waals surface area contributed by atoms with E-state index in [1.807, 2.05) is 6.92 Å². The van der Waals surface area contributed by atoms with Gasteiger partial charge in [-0.25, -0.2) is 4.79 Å². The molecule has 0 spiro atoms. The van der Waals surface area contributed by atoms with E-state index < -0.39 is 6.16 Å². The topological polar surface area (TPSA) is 35.5 Å². The van der Waals surface area contributed by atoms with Crippen LogP contribution in [0.5, 0.6) is 0 Å². The van der Waals surface area contributed by atoms with Gasteiger partial charge < -0.3 is 9.47 Å². The lowest BCUT2D eigenvalue weighted by molar-refractivity contribution is -0.0273. The van der Waals surface area contributed by atoms with Crippen LogP contribution in [0.3, 0.4) is 0 Å². The van der Waals surface area contributed by atoms with Crippen LogP contribution in [0, 0.1) is 0 Å². The average molecular weight is 198 g/mol. The van der Waals surface area contributed by atoms with Crippen LogP contribution in [0.1, 0.15) is 39.0 Å². The van der Waals surface area contributed by atoms with Gasteiger partial charge >= 0.3 is 6.16 Å². The Morgan fingerprint density at radius 1 is 1.29 bits per heavy atom. The number of hydrogen-bond acceptors (Lipinski definition) is 3. The molecule has 0 fully saturated rings. The number of rotatable bonds is 1. The highest BCUT2D eigenvalue weighted by molar-refractivity contribution is 5.60. The van der Waals surface area contributed by atoms with Crippen molar-refractivity contribution in [1.82, 2.24) is 0 Å². The van der Waals surface area contributed by atoms with E-state index in [1.165, 1.54) is 7.11 Å². The number of carbonyl (C=O) groups excluding carboxylic acids is 1. The summed E-state index contributed by atoms with van der Waals surface area (Å²) < 4.78 is 9.78. The molecule has 1 aliphatic carbocycles. The molecule has 0 aromatic heterocycles. The van der Waals surface area contributed by atoms with Crippen LogP contribution in [0.2, 0.25) is 0 Å². The highest BCUT2D eigenvalue weighted by atomic mass is 16.7. The summed E-state index contributed by atoms with van der Waals surface area (Å²) in [6.07, 6.45) is 8.65. The van der Waals surface area contributed by atoms with Crippen molar-refractivity contribution in [2.45, 2.75) is 44.6 Å². The molecular weight excluding hydrogens is 180 g/mol. The van der Waals surface area contributed by atoms with Gasteiger partial charge in [0.25, 0.3) is 0 Å². The minimum absolute atomic E-state index is 0.349. The van der Waals surface area contributed by atoms with Gasteiger partial charge in [0.05, 0.1) is 7.11 Å². The van der Waals surface area contributed by atoms with Gasteiger partial charge in [-0.05, 0) is 39.0 Å². The van der Waals surface area contributed by atoms with Gasteiger partial charge in [-0.2, -0.15) is 0 Å². The molecule has 0 bridgehead atoms. The predicted octanol–water partition coefficient (Wildman–Crippen LogP) is 3.05. The Morgan fingerprint density at radius 2 is 2.00 bits per heavy atom. The van der Waals surface area contributed by atoms with E-state index in [2.05, 4.69) is 16.9 Å². The fraction of sp³-hybridized carbons (Fsp3) is 0.727. The van der Waals surface area contributed by atoms with Crippen molar-refractivity contribution in [3.8, 4) is 0 Å². The number of methoxy groups -OCH3 is 1. The highest BCUT2D eigenvalue weighted by Crippen LogP contribution is 2.27. The predicted molar refractivity (Wildman–Crippen MR) is 54.1 cm³/mol. The molecule has 1 aliphatic rings. The summed E-state index contributed by atoms with van der Waals surface area (Å²) in [5.74, 6) is 0. The van der Waals surface area contributed by atoms with Crippen molar-refractivity contribution in [3.05, 3.63) is 12.2 Å². The van der Waals surface area contributed by atoms with Crippen LogP contribution >= 0.6 is 0 Å². The Kier molecular flexibility index (Phi) is 3.98. The fourth-order valence-corrected chi connectivity index (χ4v) is 1.69. The first-order valence-corrected chi connectivity index (χ1v) is 5.08. The van der Waals surface area contributed by atoms with Crippen LogP contribution in [0.15, 0.2) is 12.2 Å². The first-order chi connectivity index (χ1) is 6.66. The van der Waals surface area contributed by atoms with Gasteiger partial charge in [0, 0.05) is 0 Å². The highest BCUT2D eigenvalue weighted by Gasteiger charge is 2.28. The zero-order valence-corrected chi connectivity index (χ0v) is 8.91. The summed E-state index contributed by atoms with van der Waals surface area (Å²) in [6.45, 7) is 1.98. The van der Waals surface area contributed by atoms with E-state index in [1.54, 1.807) is 0 Å². The van der Waals surface area contributed by atoms with E-state index >= 15 is 0 Å². The third-order valence-corrected chi connectivity index (χ3v) is 2.58. The monoisotopic (exact) mass is 198 g/mol. The van der Waals surface area contributed by atoms with Crippen molar-refractivity contribution in [3.63, 3.8) is 0 Å². The number of ether oxygens (including phenoxy) is 2. The minimum Gasteiger partial charge on any atom is -0.438 e. The van der Waals surface area contributed by atoms with Gasteiger partial charge in [-0.15, -0.1) is 0 Å². The average Bonchev–Trinajstić information content (AvgIpc) is 2.12. The van der Waals surface area contributed by atoms with Gasteiger partial charge in [-0.3, -0.25) is 0 Å². The Balaban J connectivity index is 2.52. The largest absolute Gasteiger partial charge is 0.508 e. The normalized spacial score (nSPS) is 29.9. The molecule has 0 aromatic rings. The molecule has 80 valence electrons. The lowest BCUT2D eigenvalue weighted by atomic mass is 9.91. The molecule has 1 rings (SSSR count). The summed E-state index contributed by atoms with van der Waals surface area (Å²) in [5, 5.41) is 0. The van der Waals surface area contributed by atoms with Crippen LogP contribution < -0.4 is 0 Å². The van der Waals surface area contributed by atoms with Gasteiger partial charge in [-0.1, -0.05) is 12.2 Å². The van der Waals surface area contributed by atoms with Crippen molar-refractivity contribution in [2.75, 3.05) is 7.11 Å². The number of allylic oxidation sites excluding steroid dienone is 2.